The molecule has 4 aromatic rings. The van der Waals surface area contributed by atoms with Crippen molar-refractivity contribution in [3.63, 3.8) is 0 Å². The lowest BCUT2D eigenvalue weighted by Crippen LogP contribution is -2.22. The Bertz CT molecular complexity index is 1740. The first-order valence-electron chi connectivity index (χ1n) is 16.8. The summed E-state index contributed by atoms with van der Waals surface area (Å²) in [5.74, 6) is -2.33. The number of phenols is 1. The van der Waals surface area contributed by atoms with Crippen molar-refractivity contribution in [3.8, 4) is 5.75 Å². The van der Waals surface area contributed by atoms with Crippen LogP contribution in [0, 0.1) is 6.92 Å². The molecule has 4 rings (SSSR count). The lowest BCUT2D eigenvalue weighted by molar-refractivity contribution is 0.0525. The van der Waals surface area contributed by atoms with E-state index in [1.54, 1.807) is 60.7 Å². The van der Waals surface area contributed by atoms with Gasteiger partial charge in [0.15, 0.2) is 11.6 Å². The zero-order valence-corrected chi connectivity index (χ0v) is 29.3. The Morgan fingerprint density at radius 1 is 0.560 bits per heavy atom. The number of hydrogen-bond acceptors (Lipinski definition) is 9. The van der Waals surface area contributed by atoms with Crippen LogP contribution in [0.5, 0.6) is 5.75 Å². The Balaban J connectivity index is 1.36. The van der Waals surface area contributed by atoms with Crippen LogP contribution >= 0.6 is 0 Å². The van der Waals surface area contributed by atoms with E-state index >= 15 is 0 Å². The summed E-state index contributed by atoms with van der Waals surface area (Å²) in [4.78, 5) is 57.1. The van der Waals surface area contributed by atoms with E-state index in [9.17, 15) is 24.3 Å². The Labute approximate surface area is 293 Å². The first-order chi connectivity index (χ1) is 24.1. The number of carbonyl (C=O) groups excluding carboxylic acids is 4. The van der Waals surface area contributed by atoms with E-state index in [1.165, 1.54) is 24.3 Å². The number of aryl methyl sites for hydroxylation is 1. The van der Waals surface area contributed by atoms with Gasteiger partial charge < -0.3 is 24.4 Å². The number of esters is 2. The summed E-state index contributed by atoms with van der Waals surface area (Å²) in [6, 6.07) is 23.3. The van der Waals surface area contributed by atoms with Crippen LogP contribution in [0.1, 0.15) is 85.8 Å². The molecule has 9 heteroatoms. The molecule has 0 aliphatic heterocycles. The molecule has 0 amide bonds. The quantitative estimate of drug-likeness (QED) is 0.0736. The predicted octanol–water partition coefficient (Wildman–Crippen LogP) is 7.43. The number of anilines is 2. The van der Waals surface area contributed by atoms with Gasteiger partial charge in [-0.15, -0.1) is 0 Å². The monoisotopic (exact) mass is 676 g/mol. The molecule has 0 aromatic heterocycles. The Morgan fingerprint density at radius 2 is 0.960 bits per heavy atom. The third-order valence-corrected chi connectivity index (χ3v) is 8.51. The number of carbonyl (C=O) groups is 4. The van der Waals surface area contributed by atoms with Crippen molar-refractivity contribution in [3.05, 3.63) is 136 Å². The molecular weight excluding hydrogens is 632 g/mol. The molecule has 1 N–H and O–H groups in total. The van der Waals surface area contributed by atoms with Crippen LogP contribution in [-0.2, 0) is 9.47 Å². The summed E-state index contributed by atoms with van der Waals surface area (Å²) in [5, 5.41) is 10.6. The van der Waals surface area contributed by atoms with Crippen LogP contribution in [0.15, 0.2) is 97.1 Å². The molecule has 260 valence electrons. The van der Waals surface area contributed by atoms with E-state index in [1.807, 2.05) is 37.8 Å². The number of aromatic hydroxyl groups is 1. The maximum atomic E-state index is 13.5. The van der Waals surface area contributed by atoms with Gasteiger partial charge in [-0.3, -0.25) is 9.59 Å². The number of phenolic OH excluding ortho intramolecular Hbond substituents is 1. The van der Waals surface area contributed by atoms with E-state index in [0.29, 0.717) is 5.56 Å². The first-order valence-corrected chi connectivity index (χ1v) is 16.8. The number of ketones is 2. The van der Waals surface area contributed by atoms with Crippen LogP contribution < -0.4 is 9.80 Å². The van der Waals surface area contributed by atoms with Crippen molar-refractivity contribution in [2.75, 3.05) is 49.2 Å². The molecule has 4 aromatic carbocycles. The zero-order chi connectivity index (χ0) is 36.2. The molecule has 0 bridgehead atoms. The lowest BCUT2D eigenvalue weighted by atomic mass is 9.95. The number of hydrogen-bond donors (Lipinski definition) is 1. The third-order valence-electron chi connectivity index (χ3n) is 8.51. The maximum Gasteiger partial charge on any atom is 0.339 e. The van der Waals surface area contributed by atoms with Crippen molar-refractivity contribution in [1.82, 2.24) is 0 Å². The minimum atomic E-state index is -0.720. The molecule has 0 aliphatic rings. The largest absolute Gasteiger partial charge is 0.507 e. The van der Waals surface area contributed by atoms with Crippen molar-refractivity contribution < 1.29 is 33.8 Å². The van der Waals surface area contributed by atoms with Crippen LogP contribution in [0.3, 0.4) is 0 Å². The fourth-order valence-electron chi connectivity index (χ4n) is 5.73. The summed E-state index contributed by atoms with van der Waals surface area (Å²) in [6.45, 7) is 13.0. The van der Waals surface area contributed by atoms with E-state index in [4.69, 9.17) is 9.47 Å². The van der Waals surface area contributed by atoms with Gasteiger partial charge >= 0.3 is 11.9 Å². The fourth-order valence-corrected chi connectivity index (χ4v) is 5.73. The van der Waals surface area contributed by atoms with Gasteiger partial charge in [0.25, 0.3) is 0 Å². The minimum absolute atomic E-state index is 0.0590. The zero-order valence-electron chi connectivity index (χ0n) is 29.3. The molecule has 0 saturated heterocycles. The van der Waals surface area contributed by atoms with E-state index < -0.39 is 17.7 Å². The van der Waals surface area contributed by atoms with Crippen molar-refractivity contribution in [2.45, 2.75) is 34.6 Å². The van der Waals surface area contributed by atoms with Crippen molar-refractivity contribution in [1.29, 1.82) is 0 Å². The van der Waals surface area contributed by atoms with Crippen LogP contribution in [-0.4, -0.2) is 68.0 Å². The molecule has 0 aliphatic carbocycles. The van der Waals surface area contributed by atoms with Gasteiger partial charge in [0.05, 0.1) is 16.7 Å². The van der Waals surface area contributed by atoms with Gasteiger partial charge in [-0.1, -0.05) is 36.4 Å². The first kappa shape index (κ1) is 37.1. The highest BCUT2D eigenvalue weighted by molar-refractivity contribution is 6.16. The minimum Gasteiger partial charge on any atom is -0.507 e. The highest BCUT2D eigenvalue weighted by Gasteiger charge is 2.23. The molecular formula is C41H44N2O7. The van der Waals surface area contributed by atoms with Crippen LogP contribution in [0.4, 0.5) is 11.4 Å². The SMILES string of the molecule is CCN(CC)c1ccc(C(=O)c2ccccc2C(=O)OC/C=C/COC(=O)c2ccccc2C(=O)c2ccc(N(CC)CC)cc2O)c(C)c1. The molecule has 0 spiro atoms. The molecule has 0 fully saturated rings. The van der Waals surface area contributed by atoms with Crippen molar-refractivity contribution in [2.24, 2.45) is 0 Å². The topological polar surface area (TPSA) is 113 Å². The predicted molar refractivity (Wildman–Crippen MR) is 196 cm³/mol. The molecule has 0 unspecified atom stereocenters. The van der Waals surface area contributed by atoms with Crippen molar-refractivity contribution >= 4 is 34.9 Å². The summed E-state index contributed by atoms with van der Waals surface area (Å²) in [5.41, 5.74) is 3.78. The molecule has 0 heterocycles. The molecule has 0 radical (unpaired) electrons. The number of rotatable bonds is 16. The average Bonchev–Trinajstić information content (AvgIpc) is 3.13. The highest BCUT2D eigenvalue weighted by Crippen LogP contribution is 2.28. The lowest BCUT2D eigenvalue weighted by Gasteiger charge is -2.22. The molecule has 50 heavy (non-hydrogen) atoms. The average molecular weight is 677 g/mol. The van der Waals surface area contributed by atoms with Gasteiger partial charge in [0.2, 0.25) is 0 Å². The standard InChI is InChI=1S/C41H44N2O7/c1-6-42(7-2)29-20-22-31(28(5)26-29)38(45)32-16-10-12-18-34(32)40(47)49-24-14-15-25-50-41(48)35-19-13-11-17-33(35)39(46)36-23-21-30(27-37(36)44)43(8-3)9-4/h10-23,26-27,44H,6-9,24-25H2,1-5H3/b15-14+. The molecule has 0 atom stereocenters. The van der Waals surface area contributed by atoms with E-state index in [0.717, 1.165) is 43.1 Å². The van der Waals surface area contributed by atoms with Gasteiger partial charge in [0, 0.05) is 60.3 Å². The van der Waals surface area contributed by atoms with Gasteiger partial charge in [0.1, 0.15) is 19.0 Å². The summed E-state index contributed by atoms with van der Waals surface area (Å²) in [6.07, 6.45) is 3.05. The molecule has 9 nitrogen and oxygen atoms in total. The van der Waals surface area contributed by atoms with E-state index in [-0.39, 0.29) is 52.6 Å². The second-order valence-electron chi connectivity index (χ2n) is 11.5. The van der Waals surface area contributed by atoms with Gasteiger partial charge in [-0.05, 0) is 94.8 Å². The van der Waals surface area contributed by atoms with Gasteiger partial charge in [-0.2, -0.15) is 0 Å². The summed E-state index contributed by atoms with van der Waals surface area (Å²) >= 11 is 0. The second kappa shape index (κ2) is 17.6. The van der Waals surface area contributed by atoms with Gasteiger partial charge in [-0.25, -0.2) is 9.59 Å². The Hall–Kier alpha value is -5.70. The Morgan fingerprint density at radius 3 is 1.38 bits per heavy atom. The summed E-state index contributed by atoms with van der Waals surface area (Å²) < 4.78 is 10.8. The number of ether oxygens (including phenoxy) is 2. The number of benzene rings is 4. The van der Waals surface area contributed by atoms with Crippen LogP contribution in [0.25, 0.3) is 0 Å². The second-order valence-corrected chi connectivity index (χ2v) is 11.5. The smallest absolute Gasteiger partial charge is 0.339 e. The van der Waals surface area contributed by atoms with Crippen LogP contribution in [0.2, 0.25) is 0 Å². The Kier molecular flexibility index (Phi) is 13.1. The maximum absolute atomic E-state index is 13.5. The molecule has 0 saturated carbocycles. The third kappa shape index (κ3) is 8.66. The normalized spacial score (nSPS) is 10.9. The number of nitrogens with zero attached hydrogens (tertiary/aromatic N) is 2. The van der Waals surface area contributed by atoms with E-state index in [2.05, 4.69) is 18.7 Å². The highest BCUT2D eigenvalue weighted by atomic mass is 16.5. The fraction of sp³-hybridized carbons (Fsp3) is 0.268. The summed E-state index contributed by atoms with van der Waals surface area (Å²) in [7, 11) is 0.